The van der Waals surface area contributed by atoms with E-state index in [1.807, 2.05) is 0 Å². The fourth-order valence-corrected chi connectivity index (χ4v) is 2.47. The fourth-order valence-electron chi connectivity index (χ4n) is 1.69. The largest absolute Gasteiger partial charge is 0.422 e. The first kappa shape index (κ1) is 12.2. The van der Waals surface area contributed by atoms with Gasteiger partial charge < -0.3 is 4.43 Å². The number of hydrogen-bond acceptors (Lipinski definition) is 1. The van der Waals surface area contributed by atoms with Gasteiger partial charge in [-0.2, -0.15) is 0 Å². The Labute approximate surface area is 80.4 Å². The predicted octanol–water partition coefficient (Wildman–Crippen LogP) is 2.42. The molecular formula is C10H24OSi. The van der Waals surface area contributed by atoms with Crippen LogP contribution >= 0.6 is 0 Å². The Morgan fingerprint density at radius 3 is 2.00 bits per heavy atom. The van der Waals surface area contributed by atoms with Crippen LogP contribution in [0.5, 0.6) is 0 Å². The predicted molar refractivity (Wildman–Crippen MR) is 58.5 cm³/mol. The Hall–Kier alpha value is 0.177. The molecule has 0 spiro atoms. The van der Waals surface area contributed by atoms with Crippen molar-refractivity contribution in [1.82, 2.24) is 0 Å². The van der Waals surface area contributed by atoms with E-state index in [4.69, 9.17) is 4.43 Å². The Bertz CT molecular complexity index is 91.7. The second kappa shape index (κ2) is 6.67. The first-order chi connectivity index (χ1) is 5.74. The summed E-state index contributed by atoms with van der Waals surface area (Å²) in [5.74, 6) is 0. The number of rotatable bonds is 7. The van der Waals surface area contributed by atoms with Crippen molar-refractivity contribution in [3.05, 3.63) is 0 Å². The Morgan fingerprint density at radius 2 is 1.67 bits per heavy atom. The Kier molecular flexibility index (Phi) is 6.77. The third-order valence-corrected chi connectivity index (χ3v) is 3.82. The van der Waals surface area contributed by atoms with Gasteiger partial charge in [-0.1, -0.05) is 40.0 Å². The molecule has 0 saturated carbocycles. The van der Waals surface area contributed by atoms with Gasteiger partial charge in [0.15, 0.2) is 0 Å². The molecule has 0 aliphatic heterocycles. The van der Waals surface area contributed by atoms with Crippen molar-refractivity contribution in [2.45, 2.75) is 64.9 Å². The lowest BCUT2D eigenvalue weighted by molar-refractivity contribution is 0.0584. The van der Waals surface area contributed by atoms with E-state index in [0.29, 0.717) is 0 Å². The van der Waals surface area contributed by atoms with Crippen LogP contribution in [0.3, 0.4) is 0 Å². The van der Waals surface area contributed by atoms with Gasteiger partial charge in [0, 0.05) is 0 Å². The van der Waals surface area contributed by atoms with E-state index in [0.717, 1.165) is 10.5 Å². The van der Waals surface area contributed by atoms with Gasteiger partial charge >= 0.3 is 0 Å². The van der Waals surface area contributed by atoms with Gasteiger partial charge in [-0.15, -0.1) is 0 Å². The van der Waals surface area contributed by atoms with Crippen LogP contribution in [-0.2, 0) is 4.43 Å². The molecule has 0 rings (SSSR count). The van der Waals surface area contributed by atoms with E-state index in [-0.39, 0.29) is 5.60 Å². The molecule has 0 N–H and O–H groups in total. The minimum atomic E-state index is 0.237. The summed E-state index contributed by atoms with van der Waals surface area (Å²) in [6.45, 7) is 6.74. The maximum atomic E-state index is 5.72. The van der Waals surface area contributed by atoms with Crippen LogP contribution in [0.1, 0.15) is 59.3 Å². The molecule has 0 amide bonds. The first-order valence-electron chi connectivity index (χ1n) is 5.29. The molecule has 1 nitrogen and oxygen atoms in total. The smallest absolute Gasteiger partial charge is 0.146 e. The van der Waals surface area contributed by atoms with Gasteiger partial charge in [0.25, 0.3) is 0 Å². The molecule has 2 heteroatoms. The van der Waals surface area contributed by atoms with Crippen molar-refractivity contribution in [3.63, 3.8) is 0 Å². The average Bonchev–Trinajstić information content (AvgIpc) is 2.14. The molecule has 0 radical (unpaired) electrons. The lowest BCUT2D eigenvalue weighted by atomic mass is 9.91. The lowest BCUT2D eigenvalue weighted by Gasteiger charge is -2.31. The molecule has 0 aromatic heterocycles. The molecule has 0 heterocycles. The molecule has 0 bridgehead atoms. The van der Waals surface area contributed by atoms with E-state index < -0.39 is 0 Å². The number of hydrogen-bond donors (Lipinski definition) is 0. The summed E-state index contributed by atoms with van der Waals surface area (Å²) in [4.78, 5) is 0. The van der Waals surface area contributed by atoms with Crippen LogP contribution < -0.4 is 0 Å². The van der Waals surface area contributed by atoms with E-state index >= 15 is 0 Å². The van der Waals surface area contributed by atoms with Crippen molar-refractivity contribution in [3.8, 4) is 0 Å². The zero-order valence-electron chi connectivity index (χ0n) is 9.15. The molecule has 0 unspecified atom stereocenters. The third kappa shape index (κ3) is 3.72. The Balaban J connectivity index is 3.76. The van der Waals surface area contributed by atoms with Gasteiger partial charge in [0.2, 0.25) is 0 Å². The SMILES string of the molecule is CCCCCC(CC)(CC)O[SiH3]. The summed E-state index contributed by atoms with van der Waals surface area (Å²) >= 11 is 0. The third-order valence-electron chi connectivity index (χ3n) is 2.96. The summed E-state index contributed by atoms with van der Waals surface area (Å²) in [6, 6.07) is 0. The molecule has 0 fully saturated rings. The average molecular weight is 188 g/mol. The zero-order chi connectivity index (χ0) is 9.45. The molecular weight excluding hydrogens is 164 g/mol. The van der Waals surface area contributed by atoms with Crippen LogP contribution in [0, 0.1) is 0 Å². The highest BCUT2D eigenvalue weighted by Gasteiger charge is 2.23. The highest BCUT2D eigenvalue weighted by molar-refractivity contribution is 5.98. The molecule has 0 aromatic carbocycles. The van der Waals surface area contributed by atoms with Gasteiger partial charge in [-0.05, 0) is 19.3 Å². The summed E-state index contributed by atoms with van der Waals surface area (Å²) in [7, 11) is 0.884. The number of unbranched alkanes of at least 4 members (excludes halogenated alkanes) is 2. The molecule has 0 aliphatic carbocycles. The minimum absolute atomic E-state index is 0.237. The maximum absolute atomic E-state index is 5.72. The zero-order valence-corrected chi connectivity index (χ0v) is 11.2. The van der Waals surface area contributed by atoms with Crippen LogP contribution in [0.4, 0.5) is 0 Å². The summed E-state index contributed by atoms with van der Waals surface area (Å²) in [5.41, 5.74) is 0.237. The normalized spacial score (nSPS) is 12.2. The van der Waals surface area contributed by atoms with Crippen molar-refractivity contribution >= 4 is 10.5 Å². The van der Waals surface area contributed by atoms with Crippen molar-refractivity contribution in [2.24, 2.45) is 0 Å². The quantitative estimate of drug-likeness (QED) is 0.440. The van der Waals surface area contributed by atoms with Crippen molar-refractivity contribution in [2.75, 3.05) is 0 Å². The van der Waals surface area contributed by atoms with Crippen LogP contribution in [0.25, 0.3) is 0 Å². The monoisotopic (exact) mass is 188 g/mol. The van der Waals surface area contributed by atoms with E-state index in [1.54, 1.807) is 0 Å². The maximum Gasteiger partial charge on any atom is 0.146 e. The van der Waals surface area contributed by atoms with Crippen molar-refractivity contribution in [1.29, 1.82) is 0 Å². The highest BCUT2D eigenvalue weighted by Crippen LogP contribution is 2.25. The van der Waals surface area contributed by atoms with Crippen LogP contribution in [-0.4, -0.2) is 16.1 Å². The molecule has 12 heavy (non-hydrogen) atoms. The second-order valence-electron chi connectivity index (χ2n) is 3.55. The first-order valence-corrected chi connectivity index (χ1v) is 6.11. The summed E-state index contributed by atoms with van der Waals surface area (Å²) in [6.07, 6.45) is 7.61. The lowest BCUT2D eigenvalue weighted by Crippen LogP contribution is -2.30. The van der Waals surface area contributed by atoms with Gasteiger partial charge in [-0.3, -0.25) is 0 Å². The van der Waals surface area contributed by atoms with E-state index in [1.165, 1.54) is 38.5 Å². The summed E-state index contributed by atoms with van der Waals surface area (Å²) in [5, 5.41) is 0. The van der Waals surface area contributed by atoms with Crippen LogP contribution in [0.15, 0.2) is 0 Å². The molecule has 0 aromatic rings. The fraction of sp³-hybridized carbons (Fsp3) is 1.00. The standard InChI is InChI=1S/C10H24OSi/c1-4-7-8-9-10(5-2,6-3)11-12/h4-9H2,1-3,12H3. The Morgan fingerprint density at radius 1 is 1.08 bits per heavy atom. The van der Waals surface area contributed by atoms with Gasteiger partial charge in [0.1, 0.15) is 10.5 Å². The van der Waals surface area contributed by atoms with Crippen molar-refractivity contribution < 1.29 is 4.43 Å². The summed E-state index contributed by atoms with van der Waals surface area (Å²) < 4.78 is 5.72. The van der Waals surface area contributed by atoms with Gasteiger partial charge in [-0.25, -0.2) is 0 Å². The molecule has 74 valence electrons. The van der Waals surface area contributed by atoms with Crippen LogP contribution in [0.2, 0.25) is 0 Å². The van der Waals surface area contributed by atoms with E-state index in [2.05, 4.69) is 20.8 Å². The van der Waals surface area contributed by atoms with Gasteiger partial charge in [0.05, 0.1) is 5.60 Å². The highest BCUT2D eigenvalue weighted by atomic mass is 28.2. The topological polar surface area (TPSA) is 9.23 Å². The molecule has 0 atom stereocenters. The molecule has 0 aliphatic rings. The minimum Gasteiger partial charge on any atom is -0.422 e. The molecule has 0 saturated heterocycles. The van der Waals surface area contributed by atoms with E-state index in [9.17, 15) is 0 Å². The second-order valence-corrected chi connectivity index (χ2v) is 3.96.